The first-order valence-corrected chi connectivity index (χ1v) is 8.60. The monoisotopic (exact) mass is 300 g/mol. The Labute approximate surface area is 129 Å². The SMILES string of the molecule is C[C@@H]1CCC2=C(C1)S[C@@H]1N[C@@H](c3ccccc3)NC(=O)[C@H]21. The van der Waals surface area contributed by atoms with Crippen molar-refractivity contribution in [2.75, 3.05) is 0 Å². The van der Waals surface area contributed by atoms with Gasteiger partial charge in [-0.1, -0.05) is 37.3 Å². The number of nitrogens with one attached hydrogen (secondary N) is 2. The third-order valence-electron chi connectivity index (χ3n) is 4.78. The minimum absolute atomic E-state index is 0.0393. The first kappa shape index (κ1) is 13.4. The van der Waals surface area contributed by atoms with Crippen LogP contribution in [0.2, 0.25) is 0 Å². The van der Waals surface area contributed by atoms with Crippen LogP contribution in [-0.2, 0) is 4.79 Å². The number of carbonyl (C=O) groups is 1. The van der Waals surface area contributed by atoms with Crippen LogP contribution < -0.4 is 10.6 Å². The van der Waals surface area contributed by atoms with Crippen molar-refractivity contribution in [3.8, 4) is 0 Å². The molecule has 4 atom stereocenters. The lowest BCUT2D eigenvalue weighted by atomic mass is 9.83. The maximum Gasteiger partial charge on any atom is 0.231 e. The molecule has 3 aliphatic rings. The fourth-order valence-corrected chi connectivity index (χ4v) is 5.33. The Bertz CT molecular complexity index is 598. The molecular weight excluding hydrogens is 280 g/mol. The molecule has 2 N–H and O–H groups in total. The molecule has 3 nitrogen and oxygen atoms in total. The highest BCUT2D eigenvalue weighted by Crippen LogP contribution is 2.50. The average molecular weight is 300 g/mol. The highest BCUT2D eigenvalue weighted by Gasteiger charge is 2.45. The van der Waals surface area contributed by atoms with Crippen LogP contribution in [0.25, 0.3) is 0 Å². The fraction of sp³-hybridized carbons (Fsp3) is 0.471. The molecule has 4 heteroatoms. The number of carbonyl (C=O) groups excluding carboxylic acids is 1. The summed E-state index contributed by atoms with van der Waals surface area (Å²) < 4.78 is 0. The van der Waals surface area contributed by atoms with Gasteiger partial charge in [-0.15, -0.1) is 11.8 Å². The zero-order valence-electron chi connectivity index (χ0n) is 12.1. The molecule has 1 aromatic carbocycles. The second-order valence-electron chi connectivity index (χ2n) is 6.33. The van der Waals surface area contributed by atoms with E-state index in [2.05, 4.69) is 29.7 Å². The second kappa shape index (κ2) is 5.18. The first-order chi connectivity index (χ1) is 10.2. The summed E-state index contributed by atoms with van der Waals surface area (Å²) >= 11 is 1.89. The van der Waals surface area contributed by atoms with E-state index in [1.165, 1.54) is 16.9 Å². The number of fused-ring (bicyclic) bond motifs is 2. The zero-order chi connectivity index (χ0) is 14.4. The Balaban J connectivity index is 1.58. The van der Waals surface area contributed by atoms with Gasteiger partial charge in [-0.2, -0.15) is 0 Å². The minimum Gasteiger partial charge on any atom is -0.336 e. The molecule has 21 heavy (non-hydrogen) atoms. The summed E-state index contributed by atoms with van der Waals surface area (Å²) in [5, 5.41) is 6.98. The van der Waals surface area contributed by atoms with Crippen LogP contribution >= 0.6 is 11.8 Å². The zero-order valence-corrected chi connectivity index (χ0v) is 13.0. The molecule has 0 radical (unpaired) electrons. The maximum atomic E-state index is 12.6. The minimum atomic E-state index is -0.0637. The Morgan fingerprint density at radius 2 is 2.05 bits per heavy atom. The molecule has 0 aromatic heterocycles. The molecule has 1 saturated heterocycles. The maximum absolute atomic E-state index is 12.6. The van der Waals surface area contributed by atoms with Crippen LogP contribution in [0.15, 0.2) is 40.8 Å². The first-order valence-electron chi connectivity index (χ1n) is 7.72. The summed E-state index contributed by atoms with van der Waals surface area (Å²) in [5.41, 5.74) is 2.53. The summed E-state index contributed by atoms with van der Waals surface area (Å²) in [5.74, 6) is 0.988. The van der Waals surface area contributed by atoms with Crippen molar-refractivity contribution in [3.05, 3.63) is 46.4 Å². The predicted octanol–water partition coefficient (Wildman–Crippen LogP) is 3.17. The largest absolute Gasteiger partial charge is 0.336 e. The number of hydrogen-bond donors (Lipinski definition) is 2. The quantitative estimate of drug-likeness (QED) is 0.837. The molecule has 1 amide bonds. The number of thioether (sulfide) groups is 1. The van der Waals surface area contributed by atoms with Crippen molar-refractivity contribution in [3.63, 3.8) is 0 Å². The molecular formula is C17H20N2OS. The van der Waals surface area contributed by atoms with Gasteiger partial charge in [0, 0.05) is 0 Å². The van der Waals surface area contributed by atoms with Crippen molar-refractivity contribution in [2.24, 2.45) is 11.8 Å². The van der Waals surface area contributed by atoms with Crippen LogP contribution in [-0.4, -0.2) is 11.3 Å². The Hall–Kier alpha value is -1.26. The highest BCUT2D eigenvalue weighted by atomic mass is 32.2. The lowest BCUT2D eigenvalue weighted by Crippen LogP contribution is -2.54. The van der Waals surface area contributed by atoms with E-state index in [0.29, 0.717) is 0 Å². The molecule has 2 aliphatic heterocycles. The number of rotatable bonds is 1. The summed E-state index contributed by atoms with van der Waals surface area (Å²) in [6.45, 7) is 2.31. The summed E-state index contributed by atoms with van der Waals surface area (Å²) in [7, 11) is 0. The second-order valence-corrected chi connectivity index (χ2v) is 7.57. The number of hydrogen-bond acceptors (Lipinski definition) is 3. The van der Waals surface area contributed by atoms with Gasteiger partial charge in [0.2, 0.25) is 5.91 Å². The van der Waals surface area contributed by atoms with Gasteiger partial charge >= 0.3 is 0 Å². The fourth-order valence-electron chi connectivity index (χ4n) is 3.64. The normalized spacial score (nSPS) is 35.2. The molecule has 1 fully saturated rings. The molecule has 1 aromatic rings. The van der Waals surface area contributed by atoms with Gasteiger partial charge in [0.25, 0.3) is 0 Å². The molecule has 0 unspecified atom stereocenters. The van der Waals surface area contributed by atoms with Crippen molar-refractivity contribution in [2.45, 2.75) is 37.7 Å². The molecule has 1 aliphatic carbocycles. The van der Waals surface area contributed by atoms with E-state index in [0.717, 1.165) is 24.3 Å². The van der Waals surface area contributed by atoms with Gasteiger partial charge in [0.15, 0.2) is 0 Å². The predicted molar refractivity (Wildman–Crippen MR) is 85.4 cm³/mol. The van der Waals surface area contributed by atoms with Crippen LogP contribution in [0.1, 0.15) is 37.9 Å². The molecule has 2 heterocycles. The molecule has 0 spiro atoms. The third-order valence-corrected chi connectivity index (χ3v) is 6.15. The highest BCUT2D eigenvalue weighted by molar-refractivity contribution is 8.04. The van der Waals surface area contributed by atoms with Crippen LogP contribution in [0.5, 0.6) is 0 Å². The molecule has 0 saturated carbocycles. The summed E-state index contributed by atoms with van der Waals surface area (Å²) in [4.78, 5) is 14.1. The van der Waals surface area contributed by atoms with E-state index >= 15 is 0 Å². The van der Waals surface area contributed by atoms with Gasteiger partial charge in [-0.25, -0.2) is 0 Å². The van der Waals surface area contributed by atoms with E-state index in [9.17, 15) is 4.79 Å². The lowest BCUT2D eigenvalue weighted by Gasteiger charge is -2.34. The lowest BCUT2D eigenvalue weighted by molar-refractivity contribution is -0.127. The summed E-state index contributed by atoms with van der Waals surface area (Å²) in [6, 6.07) is 10.2. The smallest absolute Gasteiger partial charge is 0.231 e. The summed E-state index contributed by atoms with van der Waals surface area (Å²) in [6.07, 6.45) is 3.40. The number of amides is 1. The van der Waals surface area contributed by atoms with E-state index in [4.69, 9.17) is 0 Å². The van der Waals surface area contributed by atoms with Gasteiger partial charge in [0.05, 0.1) is 11.3 Å². The van der Waals surface area contributed by atoms with Crippen molar-refractivity contribution < 1.29 is 4.79 Å². The topological polar surface area (TPSA) is 41.1 Å². The van der Waals surface area contributed by atoms with Gasteiger partial charge < -0.3 is 5.32 Å². The van der Waals surface area contributed by atoms with Crippen molar-refractivity contribution in [1.82, 2.24) is 10.6 Å². The van der Waals surface area contributed by atoms with E-state index in [1.807, 2.05) is 30.0 Å². The van der Waals surface area contributed by atoms with E-state index < -0.39 is 0 Å². The molecule has 0 bridgehead atoms. The van der Waals surface area contributed by atoms with Crippen molar-refractivity contribution in [1.29, 1.82) is 0 Å². The van der Waals surface area contributed by atoms with Crippen LogP contribution in [0.3, 0.4) is 0 Å². The Morgan fingerprint density at radius 1 is 1.24 bits per heavy atom. The standard InChI is InChI=1S/C17H20N2OS/c1-10-7-8-12-13(9-10)21-17-14(12)16(20)18-15(19-17)11-5-3-2-4-6-11/h2-6,10,14-15,17,19H,7-9H2,1H3,(H,18,20)/t10-,14+,15+,17+/m1/s1. The Kier molecular flexibility index (Phi) is 3.31. The van der Waals surface area contributed by atoms with E-state index in [-0.39, 0.29) is 23.4 Å². The average Bonchev–Trinajstić information content (AvgIpc) is 2.85. The van der Waals surface area contributed by atoms with Gasteiger partial charge in [-0.3, -0.25) is 10.1 Å². The Morgan fingerprint density at radius 3 is 2.86 bits per heavy atom. The number of benzene rings is 1. The van der Waals surface area contributed by atoms with Crippen LogP contribution in [0, 0.1) is 11.8 Å². The van der Waals surface area contributed by atoms with Crippen molar-refractivity contribution >= 4 is 17.7 Å². The molecule has 4 rings (SSSR count). The van der Waals surface area contributed by atoms with Gasteiger partial charge in [-0.05, 0) is 41.2 Å². The van der Waals surface area contributed by atoms with Gasteiger partial charge in [0.1, 0.15) is 6.17 Å². The van der Waals surface area contributed by atoms with E-state index in [1.54, 1.807) is 0 Å². The third kappa shape index (κ3) is 2.30. The number of allylic oxidation sites excluding steroid dienone is 1. The van der Waals surface area contributed by atoms with Crippen LogP contribution in [0.4, 0.5) is 0 Å². The molecule has 110 valence electrons.